The van der Waals surface area contributed by atoms with Gasteiger partial charge in [-0.3, -0.25) is 4.40 Å². The maximum Gasteiger partial charge on any atom is 0.157 e. The molecule has 0 saturated heterocycles. The Kier molecular flexibility index (Phi) is 5.05. The number of benzene rings is 3. The van der Waals surface area contributed by atoms with Gasteiger partial charge in [0.1, 0.15) is 11.9 Å². The molecule has 0 amide bonds. The third-order valence-electron chi connectivity index (χ3n) is 5.84. The second kappa shape index (κ2) is 8.03. The van der Waals surface area contributed by atoms with Crippen molar-refractivity contribution in [2.45, 2.75) is 20.3 Å². The smallest absolute Gasteiger partial charge is 0.157 e. The first kappa shape index (κ1) is 20.1. The molecule has 2 heterocycles. The van der Waals surface area contributed by atoms with Crippen molar-refractivity contribution in [2.24, 2.45) is 0 Å². The van der Waals surface area contributed by atoms with Crippen molar-refractivity contribution in [3.8, 4) is 6.07 Å². The van der Waals surface area contributed by atoms with Crippen LogP contribution >= 0.6 is 11.6 Å². The number of rotatable bonds is 4. The van der Waals surface area contributed by atoms with Gasteiger partial charge in [-0.05, 0) is 61.4 Å². The molecule has 0 aliphatic rings. The number of nitrogens with one attached hydrogen (secondary N) is 1. The summed E-state index contributed by atoms with van der Waals surface area (Å²) in [5.74, 6) is 0.910. The van der Waals surface area contributed by atoms with E-state index in [9.17, 15) is 5.26 Å². The van der Waals surface area contributed by atoms with E-state index in [0.29, 0.717) is 22.7 Å². The second-order valence-corrected chi connectivity index (χ2v) is 8.43. The molecule has 5 rings (SSSR count). The van der Waals surface area contributed by atoms with E-state index in [1.165, 1.54) is 11.1 Å². The van der Waals surface area contributed by atoms with Crippen LogP contribution in [0.15, 0.2) is 72.8 Å². The number of anilines is 2. The Labute approximate surface area is 191 Å². The fourth-order valence-corrected chi connectivity index (χ4v) is 4.24. The Balaban J connectivity index is 1.81. The Morgan fingerprint density at radius 2 is 1.69 bits per heavy atom. The summed E-state index contributed by atoms with van der Waals surface area (Å²) < 4.78 is 2.07. The van der Waals surface area contributed by atoms with Gasteiger partial charge in [0, 0.05) is 22.7 Å². The molecule has 5 aromatic rings. The van der Waals surface area contributed by atoms with E-state index in [1.54, 1.807) is 0 Å². The van der Waals surface area contributed by atoms with Crippen LogP contribution in [0.1, 0.15) is 27.8 Å². The zero-order chi connectivity index (χ0) is 22.2. The molecule has 32 heavy (non-hydrogen) atoms. The third-order valence-corrected chi connectivity index (χ3v) is 6.09. The molecule has 0 spiro atoms. The topological polar surface area (TPSA) is 53.1 Å². The number of nitrogens with zero attached hydrogens (tertiary/aromatic N) is 3. The normalized spacial score (nSPS) is 11.1. The molecule has 3 aromatic carbocycles. The minimum atomic E-state index is 0.602. The molecule has 0 aliphatic carbocycles. The van der Waals surface area contributed by atoms with E-state index >= 15 is 0 Å². The fraction of sp³-hybridized carbons (Fsp3) is 0.111. The van der Waals surface area contributed by atoms with Gasteiger partial charge >= 0.3 is 0 Å². The van der Waals surface area contributed by atoms with Gasteiger partial charge in [-0.1, -0.05) is 53.6 Å². The van der Waals surface area contributed by atoms with Crippen LogP contribution in [-0.2, 0) is 6.42 Å². The molecule has 0 unspecified atom stereocenters. The number of halogens is 1. The van der Waals surface area contributed by atoms with Crippen LogP contribution in [0, 0.1) is 25.2 Å². The van der Waals surface area contributed by atoms with Gasteiger partial charge in [0.05, 0.1) is 16.6 Å². The number of pyridine rings is 1. The largest absolute Gasteiger partial charge is 0.341 e. The molecule has 0 atom stereocenters. The summed E-state index contributed by atoms with van der Waals surface area (Å²) in [4.78, 5) is 4.80. The number of nitriles is 1. The Bertz CT molecular complexity index is 1490. The zero-order valence-electron chi connectivity index (χ0n) is 17.9. The van der Waals surface area contributed by atoms with Gasteiger partial charge in [-0.15, -0.1) is 0 Å². The maximum absolute atomic E-state index is 10.0. The number of para-hydroxylation sites is 2. The van der Waals surface area contributed by atoms with E-state index in [4.69, 9.17) is 16.6 Å². The summed E-state index contributed by atoms with van der Waals surface area (Å²) in [6.45, 7) is 4.09. The molecule has 0 saturated carbocycles. The highest BCUT2D eigenvalue weighted by atomic mass is 35.5. The van der Waals surface area contributed by atoms with Crippen molar-refractivity contribution in [3.63, 3.8) is 0 Å². The number of hydrogen-bond donors (Lipinski definition) is 1. The Hall–Kier alpha value is -3.81. The monoisotopic (exact) mass is 436 g/mol. The summed E-state index contributed by atoms with van der Waals surface area (Å²) in [6.07, 6.45) is 0.694. The summed E-state index contributed by atoms with van der Waals surface area (Å²) in [7, 11) is 0. The fourth-order valence-electron chi connectivity index (χ4n) is 4.11. The highest BCUT2D eigenvalue weighted by molar-refractivity contribution is 6.30. The quantitative estimate of drug-likeness (QED) is 0.331. The van der Waals surface area contributed by atoms with E-state index in [-0.39, 0.29) is 0 Å². The van der Waals surface area contributed by atoms with E-state index in [1.807, 2.05) is 55.5 Å². The molecule has 156 valence electrons. The van der Waals surface area contributed by atoms with Crippen molar-refractivity contribution >= 4 is 39.8 Å². The first-order chi connectivity index (χ1) is 15.5. The van der Waals surface area contributed by atoms with Gasteiger partial charge in [0.25, 0.3) is 0 Å². The highest BCUT2D eigenvalue weighted by Crippen LogP contribution is 2.34. The van der Waals surface area contributed by atoms with Gasteiger partial charge in [0.2, 0.25) is 0 Å². The predicted molar refractivity (Wildman–Crippen MR) is 131 cm³/mol. The van der Waals surface area contributed by atoms with Crippen molar-refractivity contribution in [1.29, 1.82) is 5.26 Å². The molecule has 1 N–H and O–H groups in total. The number of aryl methyl sites for hydroxylation is 1. The lowest BCUT2D eigenvalue weighted by molar-refractivity contribution is 1.08. The summed E-state index contributed by atoms with van der Waals surface area (Å²) in [5, 5.41) is 14.3. The lowest BCUT2D eigenvalue weighted by Crippen LogP contribution is -2.09. The molecule has 2 aromatic heterocycles. The van der Waals surface area contributed by atoms with Gasteiger partial charge in [-0.2, -0.15) is 5.26 Å². The van der Waals surface area contributed by atoms with Crippen LogP contribution in [-0.4, -0.2) is 9.38 Å². The van der Waals surface area contributed by atoms with Gasteiger partial charge in [0.15, 0.2) is 5.65 Å². The number of hydrogen-bond acceptors (Lipinski definition) is 3. The average Bonchev–Trinajstić information content (AvgIpc) is 3.18. The van der Waals surface area contributed by atoms with Crippen LogP contribution in [0.3, 0.4) is 0 Å². The summed E-state index contributed by atoms with van der Waals surface area (Å²) in [6, 6.07) is 26.5. The van der Waals surface area contributed by atoms with E-state index in [0.717, 1.165) is 33.7 Å². The predicted octanol–water partition coefficient (Wildman–Crippen LogP) is 6.96. The van der Waals surface area contributed by atoms with E-state index in [2.05, 4.69) is 47.0 Å². The summed E-state index contributed by atoms with van der Waals surface area (Å²) in [5.41, 5.74) is 8.41. The maximum atomic E-state index is 10.0. The molecule has 0 aliphatic heterocycles. The van der Waals surface area contributed by atoms with Crippen molar-refractivity contribution in [2.75, 3.05) is 5.32 Å². The first-order valence-corrected chi connectivity index (χ1v) is 10.8. The van der Waals surface area contributed by atoms with Crippen LogP contribution in [0.5, 0.6) is 0 Å². The first-order valence-electron chi connectivity index (χ1n) is 10.5. The molecular formula is C27H21ClN4. The minimum Gasteiger partial charge on any atom is -0.341 e. The lowest BCUT2D eigenvalue weighted by atomic mass is 9.97. The SMILES string of the molecule is Cc1ccc(Cc2c(C)c(C#N)c3nc4ccccc4n3c2Nc2ccc(Cl)cc2)cc1. The van der Waals surface area contributed by atoms with Crippen molar-refractivity contribution in [3.05, 3.63) is 106 Å². The van der Waals surface area contributed by atoms with Crippen molar-refractivity contribution in [1.82, 2.24) is 9.38 Å². The van der Waals surface area contributed by atoms with Crippen molar-refractivity contribution < 1.29 is 0 Å². The molecule has 0 fully saturated rings. The average molecular weight is 437 g/mol. The number of fused-ring (bicyclic) bond motifs is 3. The molecule has 5 heteroatoms. The number of imidazole rings is 1. The molecule has 0 radical (unpaired) electrons. The zero-order valence-corrected chi connectivity index (χ0v) is 18.6. The molecule has 4 nitrogen and oxygen atoms in total. The van der Waals surface area contributed by atoms with Crippen LogP contribution in [0.2, 0.25) is 5.02 Å². The third kappa shape index (κ3) is 3.47. The Morgan fingerprint density at radius 1 is 0.969 bits per heavy atom. The van der Waals surface area contributed by atoms with Crippen LogP contribution < -0.4 is 5.32 Å². The van der Waals surface area contributed by atoms with Crippen LogP contribution in [0.4, 0.5) is 11.5 Å². The number of aromatic nitrogens is 2. The van der Waals surface area contributed by atoms with E-state index < -0.39 is 0 Å². The summed E-state index contributed by atoms with van der Waals surface area (Å²) >= 11 is 6.11. The standard InChI is InChI=1S/C27H21ClN4/c1-17-7-9-19(10-8-17)15-22-18(2)23(16-29)27-31-24-5-3-4-6-25(24)32(27)26(22)30-21-13-11-20(28)12-14-21/h3-14,30H,15H2,1-2H3. The second-order valence-electron chi connectivity index (χ2n) is 7.99. The highest BCUT2D eigenvalue weighted by Gasteiger charge is 2.21. The minimum absolute atomic E-state index is 0.602. The molecule has 0 bridgehead atoms. The van der Waals surface area contributed by atoms with Gasteiger partial charge < -0.3 is 5.32 Å². The lowest BCUT2D eigenvalue weighted by Gasteiger charge is -2.19. The van der Waals surface area contributed by atoms with Crippen LogP contribution in [0.25, 0.3) is 16.7 Å². The van der Waals surface area contributed by atoms with Gasteiger partial charge in [-0.25, -0.2) is 4.98 Å². The molecular weight excluding hydrogens is 416 g/mol. The Morgan fingerprint density at radius 3 is 2.41 bits per heavy atom.